The van der Waals surface area contributed by atoms with E-state index in [2.05, 4.69) is 70.2 Å². The standard InChI is InChI=1S/C19H24/c1-5-14(3)13-17-12-11-16-9-7-8-10-18(16)19(17)15(4)6-2/h6-12,14H,5,13H2,1-4H3/t14-/m1/s1. The lowest BCUT2D eigenvalue weighted by atomic mass is 9.88. The molecule has 1 atom stereocenters. The van der Waals surface area contributed by atoms with Crippen molar-refractivity contribution in [2.24, 2.45) is 5.92 Å². The minimum atomic E-state index is 0.740. The van der Waals surface area contributed by atoms with Gasteiger partial charge in [-0.25, -0.2) is 0 Å². The molecule has 0 saturated carbocycles. The minimum Gasteiger partial charge on any atom is -0.0841 e. The normalized spacial score (nSPS) is 13.8. The second-order valence-electron chi connectivity index (χ2n) is 5.51. The molecule has 0 bridgehead atoms. The van der Waals surface area contributed by atoms with E-state index < -0.39 is 0 Å². The van der Waals surface area contributed by atoms with Crippen LogP contribution in [0.15, 0.2) is 42.5 Å². The van der Waals surface area contributed by atoms with Crippen molar-refractivity contribution in [2.45, 2.75) is 40.5 Å². The van der Waals surface area contributed by atoms with E-state index in [1.807, 2.05) is 0 Å². The van der Waals surface area contributed by atoms with Gasteiger partial charge in [0.1, 0.15) is 0 Å². The summed E-state index contributed by atoms with van der Waals surface area (Å²) >= 11 is 0. The number of benzene rings is 2. The summed E-state index contributed by atoms with van der Waals surface area (Å²) in [5.41, 5.74) is 4.32. The average Bonchev–Trinajstić information content (AvgIpc) is 2.46. The van der Waals surface area contributed by atoms with E-state index >= 15 is 0 Å². The summed E-state index contributed by atoms with van der Waals surface area (Å²) in [5.74, 6) is 0.740. The highest BCUT2D eigenvalue weighted by atomic mass is 14.2. The molecule has 0 unspecified atom stereocenters. The van der Waals surface area contributed by atoms with Crippen LogP contribution in [0.5, 0.6) is 0 Å². The Hall–Kier alpha value is -1.56. The van der Waals surface area contributed by atoms with Gasteiger partial charge in [0, 0.05) is 0 Å². The summed E-state index contributed by atoms with van der Waals surface area (Å²) < 4.78 is 0. The highest BCUT2D eigenvalue weighted by Crippen LogP contribution is 2.30. The largest absolute Gasteiger partial charge is 0.0841 e. The predicted molar refractivity (Wildman–Crippen MR) is 86.4 cm³/mol. The zero-order valence-electron chi connectivity index (χ0n) is 12.5. The van der Waals surface area contributed by atoms with Crippen molar-refractivity contribution in [3.8, 4) is 0 Å². The second-order valence-corrected chi connectivity index (χ2v) is 5.51. The lowest BCUT2D eigenvalue weighted by molar-refractivity contribution is 0.560. The van der Waals surface area contributed by atoms with Crippen LogP contribution in [0.25, 0.3) is 16.3 Å². The Kier molecular flexibility index (Phi) is 4.42. The number of fused-ring (bicyclic) bond motifs is 1. The summed E-state index contributed by atoms with van der Waals surface area (Å²) in [6, 6.07) is 13.3. The summed E-state index contributed by atoms with van der Waals surface area (Å²) in [6.45, 7) is 8.96. The molecule has 2 aromatic carbocycles. The Morgan fingerprint density at radius 3 is 2.58 bits per heavy atom. The summed E-state index contributed by atoms with van der Waals surface area (Å²) in [6.07, 6.45) is 4.63. The Bertz CT molecular complexity index is 590. The molecule has 0 fully saturated rings. The SMILES string of the molecule is CC=C(C)c1c(C[C@H](C)CC)ccc2ccccc12. The lowest BCUT2D eigenvalue weighted by Gasteiger charge is -2.16. The first kappa shape index (κ1) is 13.9. The van der Waals surface area contributed by atoms with Gasteiger partial charge < -0.3 is 0 Å². The van der Waals surface area contributed by atoms with Crippen LogP contribution in [0, 0.1) is 5.92 Å². The van der Waals surface area contributed by atoms with Crippen molar-refractivity contribution in [1.29, 1.82) is 0 Å². The fraction of sp³-hybridized carbons (Fsp3) is 0.368. The van der Waals surface area contributed by atoms with Crippen molar-refractivity contribution < 1.29 is 0 Å². The Balaban J connectivity index is 2.63. The van der Waals surface area contributed by atoms with Crippen LogP contribution >= 0.6 is 0 Å². The van der Waals surface area contributed by atoms with Gasteiger partial charge in [-0.05, 0) is 53.7 Å². The van der Waals surface area contributed by atoms with Gasteiger partial charge in [-0.1, -0.05) is 62.7 Å². The van der Waals surface area contributed by atoms with Gasteiger partial charge in [-0.15, -0.1) is 0 Å². The number of hydrogen-bond acceptors (Lipinski definition) is 0. The molecule has 0 heterocycles. The van der Waals surface area contributed by atoms with Gasteiger partial charge in [-0.2, -0.15) is 0 Å². The molecule has 0 aromatic heterocycles. The third-order valence-electron chi connectivity index (χ3n) is 4.11. The first-order valence-corrected chi connectivity index (χ1v) is 7.31. The van der Waals surface area contributed by atoms with E-state index in [1.165, 1.54) is 40.3 Å². The molecule has 2 rings (SSSR count). The lowest BCUT2D eigenvalue weighted by Crippen LogP contribution is -2.01. The van der Waals surface area contributed by atoms with Gasteiger partial charge in [0.2, 0.25) is 0 Å². The highest BCUT2D eigenvalue weighted by Gasteiger charge is 2.11. The van der Waals surface area contributed by atoms with Crippen LogP contribution in [0.2, 0.25) is 0 Å². The molecule has 0 saturated heterocycles. The quantitative estimate of drug-likeness (QED) is 0.640. The van der Waals surface area contributed by atoms with Gasteiger partial charge >= 0.3 is 0 Å². The van der Waals surface area contributed by atoms with E-state index in [-0.39, 0.29) is 0 Å². The molecule has 0 aliphatic heterocycles. The maximum absolute atomic E-state index is 2.34. The molecule has 0 nitrogen and oxygen atoms in total. The van der Waals surface area contributed by atoms with Crippen LogP contribution in [0.1, 0.15) is 45.2 Å². The molecule has 2 aromatic rings. The number of allylic oxidation sites excluding steroid dienone is 2. The topological polar surface area (TPSA) is 0 Å². The molecule has 0 spiro atoms. The monoisotopic (exact) mass is 252 g/mol. The molecule has 0 heteroatoms. The minimum absolute atomic E-state index is 0.740. The summed E-state index contributed by atoms with van der Waals surface area (Å²) in [4.78, 5) is 0. The van der Waals surface area contributed by atoms with Crippen LogP contribution in [0.4, 0.5) is 0 Å². The van der Waals surface area contributed by atoms with Crippen LogP contribution in [-0.4, -0.2) is 0 Å². The molecule has 100 valence electrons. The first-order valence-electron chi connectivity index (χ1n) is 7.31. The number of hydrogen-bond donors (Lipinski definition) is 0. The Labute approximate surface area is 117 Å². The van der Waals surface area contributed by atoms with Crippen molar-refractivity contribution >= 4 is 16.3 Å². The van der Waals surface area contributed by atoms with Crippen molar-refractivity contribution in [2.75, 3.05) is 0 Å². The fourth-order valence-electron chi connectivity index (χ4n) is 2.62. The van der Waals surface area contributed by atoms with Crippen LogP contribution < -0.4 is 0 Å². The third-order valence-corrected chi connectivity index (χ3v) is 4.11. The zero-order chi connectivity index (χ0) is 13.8. The zero-order valence-corrected chi connectivity index (χ0v) is 12.5. The second kappa shape index (κ2) is 6.06. The molecular weight excluding hydrogens is 228 g/mol. The maximum atomic E-state index is 2.34. The van der Waals surface area contributed by atoms with Crippen molar-refractivity contribution in [3.63, 3.8) is 0 Å². The first-order chi connectivity index (χ1) is 9.17. The van der Waals surface area contributed by atoms with Crippen LogP contribution in [0.3, 0.4) is 0 Å². The predicted octanol–water partition coefficient (Wildman–Crippen LogP) is 5.85. The highest BCUT2D eigenvalue weighted by molar-refractivity contribution is 5.94. The Morgan fingerprint density at radius 2 is 1.89 bits per heavy atom. The number of rotatable bonds is 4. The van der Waals surface area contributed by atoms with Gasteiger partial charge in [-0.3, -0.25) is 0 Å². The summed E-state index contributed by atoms with van der Waals surface area (Å²) in [7, 11) is 0. The average molecular weight is 252 g/mol. The van der Waals surface area contributed by atoms with E-state index in [4.69, 9.17) is 0 Å². The fourth-order valence-corrected chi connectivity index (χ4v) is 2.62. The molecule has 0 aliphatic rings. The molecule has 0 amide bonds. The van der Waals surface area contributed by atoms with E-state index in [1.54, 1.807) is 0 Å². The Morgan fingerprint density at radius 1 is 1.16 bits per heavy atom. The van der Waals surface area contributed by atoms with E-state index in [0.29, 0.717) is 0 Å². The molecule has 0 N–H and O–H groups in total. The smallest absolute Gasteiger partial charge is 0.0106 e. The van der Waals surface area contributed by atoms with E-state index in [9.17, 15) is 0 Å². The maximum Gasteiger partial charge on any atom is -0.0106 e. The molecular formula is C19H24. The molecule has 0 aliphatic carbocycles. The van der Waals surface area contributed by atoms with Gasteiger partial charge in [0.05, 0.1) is 0 Å². The molecule has 19 heavy (non-hydrogen) atoms. The van der Waals surface area contributed by atoms with Crippen molar-refractivity contribution in [3.05, 3.63) is 53.6 Å². The molecule has 0 radical (unpaired) electrons. The van der Waals surface area contributed by atoms with Crippen LogP contribution in [-0.2, 0) is 6.42 Å². The van der Waals surface area contributed by atoms with Gasteiger partial charge in [0.15, 0.2) is 0 Å². The summed E-state index contributed by atoms with van der Waals surface area (Å²) in [5, 5.41) is 2.73. The third kappa shape index (κ3) is 2.89. The van der Waals surface area contributed by atoms with Gasteiger partial charge in [0.25, 0.3) is 0 Å². The van der Waals surface area contributed by atoms with E-state index in [0.717, 1.165) is 5.92 Å². The van der Waals surface area contributed by atoms with Crippen molar-refractivity contribution in [1.82, 2.24) is 0 Å².